The van der Waals surface area contributed by atoms with Gasteiger partial charge in [-0.05, 0) is 24.1 Å². The Morgan fingerprint density at radius 2 is 1.89 bits per heavy atom. The fourth-order valence-electron chi connectivity index (χ4n) is 1.61. The molecule has 0 aliphatic rings. The average molecular weight is 283 g/mol. The van der Waals surface area contributed by atoms with E-state index in [2.05, 4.69) is 14.7 Å². The highest BCUT2D eigenvalue weighted by Crippen LogP contribution is 2.17. The van der Waals surface area contributed by atoms with Crippen LogP contribution >= 0.6 is 11.5 Å². The van der Waals surface area contributed by atoms with Gasteiger partial charge in [-0.25, -0.2) is 13.8 Å². The Balaban J connectivity index is 1.88. The third-order valence-electron chi connectivity index (χ3n) is 2.57. The monoisotopic (exact) mass is 283 g/mol. The fraction of sp³-hybridized carbons (Fsp3) is 0.385. The first-order valence-electron chi connectivity index (χ1n) is 6.07. The summed E-state index contributed by atoms with van der Waals surface area (Å²) in [5, 5.41) is 3.84. The number of anilines is 1. The van der Waals surface area contributed by atoms with Crippen molar-refractivity contribution in [2.24, 2.45) is 0 Å². The van der Waals surface area contributed by atoms with Crippen molar-refractivity contribution in [1.29, 1.82) is 0 Å². The van der Waals surface area contributed by atoms with Crippen LogP contribution in [0.3, 0.4) is 0 Å². The predicted octanol–water partition coefficient (Wildman–Crippen LogP) is 3.59. The van der Waals surface area contributed by atoms with E-state index >= 15 is 0 Å². The minimum atomic E-state index is -0.548. The van der Waals surface area contributed by atoms with Crippen LogP contribution in [0.1, 0.15) is 31.2 Å². The molecule has 6 heteroatoms. The second kappa shape index (κ2) is 6.06. The summed E-state index contributed by atoms with van der Waals surface area (Å²) >= 11 is 1.30. The molecule has 2 aromatic rings. The molecule has 0 spiro atoms. The number of hydrogen-bond donors (Lipinski definition) is 1. The molecule has 2 rings (SSSR count). The Bertz CT molecular complexity index is 534. The van der Waals surface area contributed by atoms with Crippen LogP contribution < -0.4 is 5.32 Å². The molecule has 0 atom stereocenters. The van der Waals surface area contributed by atoms with Crippen molar-refractivity contribution in [2.45, 2.75) is 26.2 Å². The van der Waals surface area contributed by atoms with Gasteiger partial charge >= 0.3 is 0 Å². The minimum Gasteiger partial charge on any atom is -0.360 e. The number of aromatic nitrogens is 2. The van der Waals surface area contributed by atoms with Gasteiger partial charge in [-0.15, -0.1) is 0 Å². The molecule has 0 saturated carbocycles. The summed E-state index contributed by atoms with van der Waals surface area (Å²) in [5.74, 6) is 0.00873. The zero-order valence-corrected chi connectivity index (χ0v) is 11.6. The van der Waals surface area contributed by atoms with Crippen molar-refractivity contribution in [3.8, 4) is 0 Å². The molecule has 0 bridgehead atoms. The highest BCUT2D eigenvalue weighted by atomic mass is 32.1. The van der Waals surface area contributed by atoms with Crippen molar-refractivity contribution < 1.29 is 8.78 Å². The SMILES string of the molecule is CC(C)c1nsc(NCCc2cc(F)cc(F)c2)n1. The van der Waals surface area contributed by atoms with E-state index in [0.717, 1.165) is 17.0 Å². The van der Waals surface area contributed by atoms with Gasteiger partial charge in [0.05, 0.1) is 0 Å². The summed E-state index contributed by atoms with van der Waals surface area (Å²) in [7, 11) is 0. The standard InChI is InChI=1S/C13H15F2N3S/c1-8(2)12-17-13(19-18-12)16-4-3-9-5-10(14)7-11(15)6-9/h5-8H,3-4H2,1-2H3,(H,16,17,18). The number of benzene rings is 1. The molecule has 19 heavy (non-hydrogen) atoms. The number of halogens is 2. The van der Waals surface area contributed by atoms with Crippen molar-refractivity contribution in [1.82, 2.24) is 9.36 Å². The highest BCUT2D eigenvalue weighted by molar-refractivity contribution is 7.09. The van der Waals surface area contributed by atoms with E-state index in [0.29, 0.717) is 24.4 Å². The van der Waals surface area contributed by atoms with Crippen LogP contribution in [0, 0.1) is 11.6 Å². The fourth-order valence-corrected chi connectivity index (χ4v) is 2.34. The summed E-state index contributed by atoms with van der Waals surface area (Å²) in [6, 6.07) is 3.55. The van der Waals surface area contributed by atoms with Gasteiger partial charge in [-0.3, -0.25) is 0 Å². The van der Waals surface area contributed by atoms with Crippen molar-refractivity contribution in [3.63, 3.8) is 0 Å². The molecule has 0 unspecified atom stereocenters. The summed E-state index contributed by atoms with van der Waals surface area (Å²) in [6.45, 7) is 4.62. The zero-order valence-electron chi connectivity index (χ0n) is 10.8. The first-order chi connectivity index (χ1) is 9.04. The van der Waals surface area contributed by atoms with Crippen LogP contribution in [-0.4, -0.2) is 15.9 Å². The lowest BCUT2D eigenvalue weighted by Gasteiger charge is -2.03. The maximum absolute atomic E-state index is 13.0. The third kappa shape index (κ3) is 3.96. The average Bonchev–Trinajstić information content (AvgIpc) is 2.76. The molecule has 0 aliphatic heterocycles. The first-order valence-corrected chi connectivity index (χ1v) is 6.84. The maximum Gasteiger partial charge on any atom is 0.202 e. The van der Waals surface area contributed by atoms with Crippen LogP contribution in [0.15, 0.2) is 18.2 Å². The predicted molar refractivity (Wildman–Crippen MR) is 72.5 cm³/mol. The molecular weight excluding hydrogens is 268 g/mol. The Morgan fingerprint density at radius 1 is 1.21 bits per heavy atom. The number of hydrogen-bond acceptors (Lipinski definition) is 4. The molecule has 1 heterocycles. The van der Waals surface area contributed by atoms with E-state index in [-0.39, 0.29) is 0 Å². The van der Waals surface area contributed by atoms with E-state index in [1.54, 1.807) is 0 Å². The molecule has 0 saturated heterocycles. The lowest BCUT2D eigenvalue weighted by molar-refractivity contribution is 0.580. The van der Waals surface area contributed by atoms with Crippen LogP contribution in [0.25, 0.3) is 0 Å². The van der Waals surface area contributed by atoms with E-state index in [4.69, 9.17) is 0 Å². The number of nitrogens with zero attached hydrogens (tertiary/aromatic N) is 2. The molecule has 102 valence electrons. The molecular formula is C13H15F2N3S. The Labute approximate surface area is 114 Å². The smallest absolute Gasteiger partial charge is 0.202 e. The van der Waals surface area contributed by atoms with E-state index in [1.807, 2.05) is 13.8 Å². The van der Waals surface area contributed by atoms with Gasteiger partial charge in [0.25, 0.3) is 0 Å². The zero-order chi connectivity index (χ0) is 13.8. The van der Waals surface area contributed by atoms with Gasteiger partial charge in [0, 0.05) is 30.1 Å². The van der Waals surface area contributed by atoms with Gasteiger partial charge in [0.15, 0.2) is 0 Å². The molecule has 1 aromatic heterocycles. The molecule has 0 amide bonds. The molecule has 3 nitrogen and oxygen atoms in total. The largest absolute Gasteiger partial charge is 0.360 e. The van der Waals surface area contributed by atoms with Gasteiger partial charge in [-0.2, -0.15) is 4.37 Å². The van der Waals surface area contributed by atoms with E-state index in [9.17, 15) is 8.78 Å². The third-order valence-corrected chi connectivity index (χ3v) is 3.26. The summed E-state index contributed by atoms with van der Waals surface area (Å²) in [5.41, 5.74) is 0.624. The Morgan fingerprint density at radius 3 is 2.47 bits per heavy atom. The van der Waals surface area contributed by atoms with Crippen molar-refractivity contribution >= 4 is 16.7 Å². The van der Waals surface area contributed by atoms with Crippen LogP contribution in [0.2, 0.25) is 0 Å². The Kier molecular flexibility index (Phi) is 4.42. The summed E-state index contributed by atoms with van der Waals surface area (Å²) < 4.78 is 30.2. The number of nitrogens with one attached hydrogen (secondary N) is 1. The quantitative estimate of drug-likeness (QED) is 0.911. The Hall–Kier alpha value is -1.56. The minimum absolute atomic E-state index is 0.295. The second-order valence-electron chi connectivity index (χ2n) is 4.57. The van der Waals surface area contributed by atoms with Crippen LogP contribution in [-0.2, 0) is 6.42 Å². The van der Waals surface area contributed by atoms with Gasteiger partial charge in [-0.1, -0.05) is 13.8 Å². The molecule has 1 aromatic carbocycles. The highest BCUT2D eigenvalue weighted by Gasteiger charge is 2.07. The second-order valence-corrected chi connectivity index (χ2v) is 5.32. The van der Waals surface area contributed by atoms with Crippen LogP contribution in [0.4, 0.5) is 13.9 Å². The molecule has 0 radical (unpaired) electrons. The topological polar surface area (TPSA) is 37.8 Å². The summed E-state index contributed by atoms with van der Waals surface area (Å²) in [4.78, 5) is 4.32. The van der Waals surface area contributed by atoms with Crippen LogP contribution in [0.5, 0.6) is 0 Å². The molecule has 0 aliphatic carbocycles. The van der Waals surface area contributed by atoms with Gasteiger partial charge < -0.3 is 5.32 Å². The summed E-state index contributed by atoms with van der Waals surface area (Å²) in [6.07, 6.45) is 0.533. The number of rotatable bonds is 5. The molecule has 1 N–H and O–H groups in total. The normalized spacial score (nSPS) is 11.0. The van der Waals surface area contributed by atoms with Gasteiger partial charge in [0.2, 0.25) is 5.13 Å². The van der Waals surface area contributed by atoms with Crippen molar-refractivity contribution in [2.75, 3.05) is 11.9 Å². The lowest BCUT2D eigenvalue weighted by atomic mass is 10.1. The maximum atomic E-state index is 13.0. The van der Waals surface area contributed by atoms with E-state index < -0.39 is 11.6 Å². The van der Waals surface area contributed by atoms with Crippen molar-refractivity contribution in [3.05, 3.63) is 41.2 Å². The van der Waals surface area contributed by atoms with E-state index in [1.165, 1.54) is 23.7 Å². The van der Waals surface area contributed by atoms with Gasteiger partial charge in [0.1, 0.15) is 17.5 Å². The first kappa shape index (κ1) is 13.9. The lowest BCUT2D eigenvalue weighted by Crippen LogP contribution is -2.05. The molecule has 0 fully saturated rings.